The summed E-state index contributed by atoms with van der Waals surface area (Å²) in [7, 11) is 0. The first-order chi connectivity index (χ1) is 13.5. The molecule has 1 heterocycles. The molecule has 0 radical (unpaired) electrons. The van der Waals surface area contributed by atoms with Gasteiger partial charge < -0.3 is 10.2 Å². The van der Waals surface area contributed by atoms with E-state index in [-0.39, 0.29) is 29.5 Å². The summed E-state index contributed by atoms with van der Waals surface area (Å²) < 4.78 is 13.8. The van der Waals surface area contributed by atoms with E-state index >= 15 is 0 Å². The molecule has 0 spiro atoms. The van der Waals surface area contributed by atoms with Crippen molar-refractivity contribution in [3.8, 4) is 0 Å². The molecule has 1 aliphatic heterocycles. The molecule has 148 valence electrons. The highest BCUT2D eigenvalue weighted by Gasteiger charge is 2.40. The van der Waals surface area contributed by atoms with Gasteiger partial charge in [-0.3, -0.25) is 9.59 Å². The zero-order chi connectivity index (χ0) is 20.1. The lowest BCUT2D eigenvalue weighted by Crippen LogP contribution is -2.36. The Kier molecular flexibility index (Phi) is 6.45. The normalized spacial score (nSPS) is 18.9. The number of likely N-dealkylation sites (tertiary alicyclic amines) is 1. The number of nitrogens with zero attached hydrogens (tertiary/aromatic N) is 1. The molecule has 0 unspecified atom stereocenters. The molecular formula is C23H27FN2O2. The minimum Gasteiger partial charge on any atom is -0.356 e. The average Bonchev–Trinajstić information content (AvgIpc) is 3.14. The maximum Gasteiger partial charge on any atom is 0.253 e. The lowest BCUT2D eigenvalue weighted by atomic mass is 9.88. The van der Waals surface area contributed by atoms with Crippen molar-refractivity contribution in [1.29, 1.82) is 0 Å². The van der Waals surface area contributed by atoms with Crippen LogP contribution in [0.4, 0.5) is 4.39 Å². The van der Waals surface area contributed by atoms with Gasteiger partial charge in [-0.2, -0.15) is 0 Å². The molecule has 1 saturated heterocycles. The Morgan fingerprint density at radius 3 is 2.57 bits per heavy atom. The number of amides is 2. The highest BCUT2D eigenvalue weighted by Crippen LogP contribution is 2.34. The first kappa shape index (κ1) is 20.1. The molecule has 5 heteroatoms. The number of nitrogens with one attached hydrogen (secondary N) is 1. The SMILES string of the molecule is CCCCNC(=O)[C@H]1CN(C(=O)c2ccc(C)cc2)C[C@@H]1c1cccc(F)c1. The second-order valence-electron chi connectivity index (χ2n) is 7.49. The Balaban J connectivity index is 1.82. The number of unbranched alkanes of at least 4 members (excludes halogenated alkanes) is 1. The van der Waals surface area contributed by atoms with Crippen LogP contribution in [0.1, 0.15) is 47.2 Å². The van der Waals surface area contributed by atoms with E-state index in [9.17, 15) is 14.0 Å². The van der Waals surface area contributed by atoms with Gasteiger partial charge in [-0.25, -0.2) is 4.39 Å². The molecule has 2 aromatic rings. The van der Waals surface area contributed by atoms with Crippen LogP contribution in [0.5, 0.6) is 0 Å². The van der Waals surface area contributed by atoms with Crippen molar-refractivity contribution >= 4 is 11.8 Å². The number of carbonyl (C=O) groups excluding carboxylic acids is 2. The zero-order valence-electron chi connectivity index (χ0n) is 16.5. The van der Waals surface area contributed by atoms with Crippen LogP contribution in [0, 0.1) is 18.7 Å². The molecule has 0 aromatic heterocycles. The summed E-state index contributed by atoms with van der Waals surface area (Å²) >= 11 is 0. The molecular weight excluding hydrogens is 355 g/mol. The standard InChI is InChI=1S/C23H27FN2O2/c1-3-4-12-25-22(27)21-15-26(23(28)17-10-8-16(2)9-11-17)14-20(21)18-6-5-7-19(24)13-18/h5-11,13,20-21H,3-4,12,14-15H2,1-2H3,(H,25,27)/t20-,21+/m1/s1. The Hall–Kier alpha value is -2.69. The first-order valence-corrected chi connectivity index (χ1v) is 9.88. The quantitative estimate of drug-likeness (QED) is 0.770. The summed E-state index contributed by atoms with van der Waals surface area (Å²) in [6.07, 6.45) is 1.91. The zero-order valence-corrected chi connectivity index (χ0v) is 16.5. The van der Waals surface area contributed by atoms with Gasteiger partial charge in [0.1, 0.15) is 5.82 Å². The lowest BCUT2D eigenvalue weighted by molar-refractivity contribution is -0.124. The van der Waals surface area contributed by atoms with E-state index in [0.717, 1.165) is 24.0 Å². The van der Waals surface area contributed by atoms with Crippen molar-refractivity contribution in [1.82, 2.24) is 10.2 Å². The highest BCUT2D eigenvalue weighted by atomic mass is 19.1. The predicted octanol–water partition coefficient (Wildman–Crippen LogP) is 3.91. The van der Waals surface area contributed by atoms with E-state index in [0.29, 0.717) is 25.2 Å². The van der Waals surface area contributed by atoms with Gasteiger partial charge in [0, 0.05) is 31.1 Å². The minimum absolute atomic E-state index is 0.0677. The fraction of sp³-hybridized carbons (Fsp3) is 0.391. The van der Waals surface area contributed by atoms with Gasteiger partial charge in [0.2, 0.25) is 5.91 Å². The maximum absolute atomic E-state index is 13.8. The van der Waals surface area contributed by atoms with Crippen LogP contribution in [0.2, 0.25) is 0 Å². The van der Waals surface area contributed by atoms with Gasteiger partial charge in [-0.1, -0.05) is 43.2 Å². The van der Waals surface area contributed by atoms with Crippen LogP contribution in [0.15, 0.2) is 48.5 Å². The molecule has 2 amide bonds. The van der Waals surface area contributed by atoms with Crippen molar-refractivity contribution in [3.63, 3.8) is 0 Å². The first-order valence-electron chi connectivity index (χ1n) is 9.88. The number of halogens is 1. The summed E-state index contributed by atoms with van der Waals surface area (Å²) in [6, 6.07) is 13.8. The van der Waals surface area contributed by atoms with E-state index < -0.39 is 0 Å². The largest absolute Gasteiger partial charge is 0.356 e. The Labute approximate surface area is 165 Å². The van der Waals surface area contributed by atoms with Gasteiger partial charge in [-0.05, 0) is 43.2 Å². The fourth-order valence-corrected chi connectivity index (χ4v) is 3.71. The van der Waals surface area contributed by atoms with Crippen LogP contribution < -0.4 is 5.32 Å². The number of hydrogen-bond acceptors (Lipinski definition) is 2. The average molecular weight is 382 g/mol. The lowest BCUT2D eigenvalue weighted by Gasteiger charge is -2.18. The van der Waals surface area contributed by atoms with Crippen molar-refractivity contribution in [2.45, 2.75) is 32.6 Å². The molecule has 1 N–H and O–H groups in total. The van der Waals surface area contributed by atoms with Crippen molar-refractivity contribution in [3.05, 3.63) is 71.0 Å². The molecule has 1 aliphatic rings. The third-order valence-corrected chi connectivity index (χ3v) is 5.35. The molecule has 3 rings (SSSR count). The van der Waals surface area contributed by atoms with Crippen molar-refractivity contribution < 1.29 is 14.0 Å². The number of benzene rings is 2. The maximum atomic E-state index is 13.8. The highest BCUT2D eigenvalue weighted by molar-refractivity contribution is 5.95. The second kappa shape index (κ2) is 9.00. The number of rotatable bonds is 6. The second-order valence-corrected chi connectivity index (χ2v) is 7.49. The molecule has 0 saturated carbocycles. The van der Waals surface area contributed by atoms with Crippen molar-refractivity contribution in [2.75, 3.05) is 19.6 Å². The molecule has 28 heavy (non-hydrogen) atoms. The van der Waals surface area contributed by atoms with E-state index in [1.165, 1.54) is 12.1 Å². The van der Waals surface area contributed by atoms with Crippen LogP contribution in [0.25, 0.3) is 0 Å². The van der Waals surface area contributed by atoms with Crippen LogP contribution in [0.3, 0.4) is 0 Å². The monoisotopic (exact) mass is 382 g/mol. The van der Waals surface area contributed by atoms with Gasteiger partial charge >= 0.3 is 0 Å². The summed E-state index contributed by atoms with van der Waals surface area (Å²) in [5.74, 6) is -1.09. The van der Waals surface area contributed by atoms with Crippen LogP contribution in [-0.4, -0.2) is 36.3 Å². The van der Waals surface area contributed by atoms with E-state index in [1.54, 1.807) is 11.0 Å². The predicted molar refractivity (Wildman–Crippen MR) is 108 cm³/mol. The summed E-state index contributed by atoms with van der Waals surface area (Å²) in [6.45, 7) is 5.40. The van der Waals surface area contributed by atoms with Gasteiger partial charge in [0.25, 0.3) is 5.91 Å². The van der Waals surface area contributed by atoms with Crippen LogP contribution >= 0.6 is 0 Å². The molecule has 4 nitrogen and oxygen atoms in total. The third kappa shape index (κ3) is 4.58. The van der Waals surface area contributed by atoms with E-state index in [2.05, 4.69) is 12.2 Å². The number of aryl methyl sites for hydroxylation is 1. The van der Waals surface area contributed by atoms with Gasteiger partial charge in [0.05, 0.1) is 5.92 Å². The fourth-order valence-electron chi connectivity index (χ4n) is 3.71. The van der Waals surface area contributed by atoms with Gasteiger partial charge in [-0.15, -0.1) is 0 Å². The molecule has 1 fully saturated rings. The molecule has 0 aliphatic carbocycles. The third-order valence-electron chi connectivity index (χ3n) is 5.35. The number of carbonyl (C=O) groups is 2. The summed E-state index contributed by atoms with van der Waals surface area (Å²) in [5.41, 5.74) is 2.45. The molecule has 2 atom stereocenters. The molecule has 0 bridgehead atoms. The van der Waals surface area contributed by atoms with Gasteiger partial charge in [0.15, 0.2) is 0 Å². The summed E-state index contributed by atoms with van der Waals surface area (Å²) in [4.78, 5) is 27.5. The minimum atomic E-state index is -0.381. The van der Waals surface area contributed by atoms with Crippen molar-refractivity contribution in [2.24, 2.45) is 5.92 Å². The Bertz CT molecular complexity index is 835. The summed E-state index contributed by atoms with van der Waals surface area (Å²) in [5, 5.41) is 2.98. The van der Waals surface area contributed by atoms with E-state index in [1.807, 2.05) is 37.3 Å². The molecule has 2 aromatic carbocycles. The Morgan fingerprint density at radius 2 is 1.89 bits per heavy atom. The topological polar surface area (TPSA) is 49.4 Å². The van der Waals surface area contributed by atoms with Crippen LogP contribution in [-0.2, 0) is 4.79 Å². The smallest absolute Gasteiger partial charge is 0.253 e. The van der Waals surface area contributed by atoms with E-state index in [4.69, 9.17) is 0 Å². The Morgan fingerprint density at radius 1 is 1.14 bits per heavy atom. The number of hydrogen-bond donors (Lipinski definition) is 1.